The fourth-order valence-corrected chi connectivity index (χ4v) is 3.84. The zero-order chi connectivity index (χ0) is 17.3. The van der Waals surface area contributed by atoms with Crippen LogP contribution in [-0.4, -0.2) is 40.6 Å². The molecule has 0 aromatic carbocycles. The molecule has 2 aromatic heterocycles. The molecule has 2 rings (SSSR count). The van der Waals surface area contributed by atoms with Crippen LogP contribution in [0, 0.1) is 19.3 Å². The van der Waals surface area contributed by atoms with E-state index < -0.39 is 15.4 Å². The summed E-state index contributed by atoms with van der Waals surface area (Å²) >= 11 is 0. The maximum Gasteiger partial charge on any atom is 0.236 e. The van der Waals surface area contributed by atoms with Crippen molar-refractivity contribution in [1.29, 1.82) is 0 Å². The van der Waals surface area contributed by atoms with E-state index in [4.69, 9.17) is 9.88 Å². The lowest BCUT2D eigenvalue weighted by atomic mass is 9.85. The number of nitrogens with zero attached hydrogens (tertiary/aromatic N) is 4. The zero-order valence-corrected chi connectivity index (χ0v) is 14.7. The Bertz CT molecular complexity index is 796. The van der Waals surface area contributed by atoms with Crippen molar-refractivity contribution in [3.63, 3.8) is 0 Å². The van der Waals surface area contributed by atoms with Gasteiger partial charge >= 0.3 is 0 Å². The van der Waals surface area contributed by atoms with E-state index in [2.05, 4.69) is 15.2 Å². The molecule has 0 unspecified atom stereocenters. The third-order valence-electron chi connectivity index (χ3n) is 4.11. The summed E-state index contributed by atoms with van der Waals surface area (Å²) in [5.74, 6) is 0.930. The van der Waals surface area contributed by atoms with Crippen LogP contribution >= 0.6 is 0 Å². The standard InChI is InChI=1S/C14H23N5O3S/c1-5-14(6-2,9-23(15,20)21)8-22-13-10(3)7-12-16-11(4)17-19(12)18-13/h7H,5-6,8-9H2,1-4H3,(H2,15,20,21). The molecule has 9 heteroatoms. The number of sulfonamides is 1. The predicted molar refractivity (Wildman–Crippen MR) is 86.7 cm³/mol. The van der Waals surface area contributed by atoms with Gasteiger partial charge in [-0.3, -0.25) is 0 Å². The van der Waals surface area contributed by atoms with E-state index in [0.29, 0.717) is 30.2 Å². The van der Waals surface area contributed by atoms with E-state index >= 15 is 0 Å². The van der Waals surface area contributed by atoms with Crippen LogP contribution in [0.2, 0.25) is 0 Å². The van der Waals surface area contributed by atoms with Crippen LogP contribution in [0.5, 0.6) is 5.88 Å². The molecular weight excluding hydrogens is 318 g/mol. The SMILES string of the molecule is CCC(CC)(COc1nn2nc(C)nc2cc1C)CS(N)(=O)=O. The average molecular weight is 341 g/mol. The Balaban J connectivity index is 2.25. The van der Waals surface area contributed by atoms with Gasteiger partial charge in [-0.2, -0.15) is 0 Å². The highest BCUT2D eigenvalue weighted by molar-refractivity contribution is 7.89. The Kier molecular flexibility index (Phi) is 4.90. The lowest BCUT2D eigenvalue weighted by molar-refractivity contribution is 0.147. The van der Waals surface area contributed by atoms with Gasteiger partial charge in [0.05, 0.1) is 12.4 Å². The first-order valence-electron chi connectivity index (χ1n) is 7.52. The van der Waals surface area contributed by atoms with Gasteiger partial charge in [-0.05, 0) is 32.8 Å². The highest BCUT2D eigenvalue weighted by Crippen LogP contribution is 2.29. The van der Waals surface area contributed by atoms with Crippen LogP contribution in [0.25, 0.3) is 5.65 Å². The molecule has 0 radical (unpaired) electrons. The third kappa shape index (κ3) is 4.17. The molecule has 8 nitrogen and oxygen atoms in total. The van der Waals surface area contributed by atoms with Gasteiger partial charge in [-0.1, -0.05) is 13.8 Å². The summed E-state index contributed by atoms with van der Waals surface area (Å²) in [6, 6.07) is 1.83. The second-order valence-corrected chi connectivity index (χ2v) is 7.56. The van der Waals surface area contributed by atoms with Crippen molar-refractivity contribution in [2.45, 2.75) is 40.5 Å². The molecule has 0 aliphatic carbocycles. The summed E-state index contributed by atoms with van der Waals surface area (Å²) in [5, 5.41) is 13.7. The van der Waals surface area contributed by atoms with Gasteiger partial charge in [0.1, 0.15) is 5.82 Å². The highest BCUT2D eigenvalue weighted by Gasteiger charge is 2.32. The lowest BCUT2D eigenvalue weighted by Gasteiger charge is -2.30. The van der Waals surface area contributed by atoms with Crippen LogP contribution in [0.4, 0.5) is 0 Å². The molecule has 0 saturated carbocycles. The predicted octanol–water partition coefficient (Wildman–Crippen LogP) is 1.21. The average Bonchev–Trinajstić information content (AvgIpc) is 2.81. The van der Waals surface area contributed by atoms with Gasteiger partial charge in [0.15, 0.2) is 5.65 Å². The summed E-state index contributed by atoms with van der Waals surface area (Å²) < 4.78 is 30.3. The number of aryl methyl sites for hydroxylation is 2. The molecule has 2 heterocycles. The minimum atomic E-state index is -3.58. The molecule has 2 N–H and O–H groups in total. The maximum absolute atomic E-state index is 11.5. The molecule has 2 aromatic rings. The summed E-state index contributed by atoms with van der Waals surface area (Å²) in [4.78, 5) is 4.24. The molecule has 0 bridgehead atoms. The summed E-state index contributed by atoms with van der Waals surface area (Å²) in [6.07, 6.45) is 1.29. The number of rotatable bonds is 7. The van der Waals surface area contributed by atoms with Crippen LogP contribution < -0.4 is 9.88 Å². The fourth-order valence-electron chi connectivity index (χ4n) is 2.50. The number of ether oxygens (including phenoxy) is 1. The van der Waals surface area contributed by atoms with Gasteiger partial charge in [0, 0.05) is 11.0 Å². The number of fused-ring (bicyclic) bond motifs is 1. The molecule has 0 aliphatic heterocycles. The second-order valence-electron chi connectivity index (χ2n) is 5.94. The maximum atomic E-state index is 11.5. The summed E-state index contributed by atoms with van der Waals surface area (Å²) in [6.45, 7) is 7.75. The van der Waals surface area contributed by atoms with Crippen molar-refractivity contribution in [2.24, 2.45) is 10.6 Å². The Hall–Kier alpha value is -1.74. The molecule has 0 atom stereocenters. The van der Waals surface area contributed by atoms with Crippen molar-refractivity contribution in [2.75, 3.05) is 12.4 Å². The van der Waals surface area contributed by atoms with E-state index in [-0.39, 0.29) is 12.4 Å². The minimum Gasteiger partial charge on any atom is -0.476 e. The minimum absolute atomic E-state index is 0.114. The number of aromatic nitrogens is 4. The Morgan fingerprint density at radius 1 is 1.26 bits per heavy atom. The van der Waals surface area contributed by atoms with Crippen LogP contribution in [0.15, 0.2) is 6.07 Å². The van der Waals surface area contributed by atoms with E-state index in [0.717, 1.165) is 5.56 Å². The van der Waals surface area contributed by atoms with Gasteiger partial charge in [-0.25, -0.2) is 18.5 Å². The molecular formula is C14H23N5O3S. The number of nitrogens with two attached hydrogens (primary N) is 1. The van der Waals surface area contributed by atoms with Crippen LogP contribution in [0.3, 0.4) is 0 Å². The molecule has 0 spiro atoms. The van der Waals surface area contributed by atoms with Crippen molar-refractivity contribution >= 4 is 15.7 Å². The lowest BCUT2D eigenvalue weighted by Crippen LogP contribution is -2.38. The Morgan fingerprint density at radius 3 is 2.48 bits per heavy atom. The quantitative estimate of drug-likeness (QED) is 0.810. The summed E-state index contributed by atoms with van der Waals surface area (Å²) in [5.41, 5.74) is 0.935. The molecule has 23 heavy (non-hydrogen) atoms. The second kappa shape index (κ2) is 6.40. The third-order valence-corrected chi connectivity index (χ3v) is 5.13. The van der Waals surface area contributed by atoms with Gasteiger partial charge in [-0.15, -0.1) is 14.8 Å². The molecule has 0 aliphatic rings. The first-order valence-corrected chi connectivity index (χ1v) is 9.24. The zero-order valence-electron chi connectivity index (χ0n) is 13.9. The number of primary sulfonamides is 1. The molecule has 0 amide bonds. The van der Waals surface area contributed by atoms with Gasteiger partial charge < -0.3 is 4.74 Å². The summed E-state index contributed by atoms with van der Waals surface area (Å²) in [7, 11) is -3.58. The Labute approximate surface area is 136 Å². The van der Waals surface area contributed by atoms with Gasteiger partial charge in [0.2, 0.25) is 15.9 Å². The smallest absolute Gasteiger partial charge is 0.236 e. The topological polar surface area (TPSA) is 112 Å². The van der Waals surface area contributed by atoms with E-state index in [1.165, 1.54) is 4.63 Å². The largest absolute Gasteiger partial charge is 0.476 e. The number of hydrogen-bond donors (Lipinski definition) is 1. The van der Waals surface area contributed by atoms with Crippen molar-refractivity contribution in [3.8, 4) is 5.88 Å². The van der Waals surface area contributed by atoms with Crippen LogP contribution in [-0.2, 0) is 10.0 Å². The van der Waals surface area contributed by atoms with Crippen molar-refractivity contribution in [1.82, 2.24) is 19.8 Å². The van der Waals surface area contributed by atoms with Crippen molar-refractivity contribution in [3.05, 3.63) is 17.5 Å². The molecule has 128 valence electrons. The van der Waals surface area contributed by atoms with Gasteiger partial charge in [0.25, 0.3) is 0 Å². The Morgan fingerprint density at radius 2 is 1.91 bits per heavy atom. The molecule has 0 fully saturated rings. The highest BCUT2D eigenvalue weighted by atomic mass is 32.2. The first-order chi connectivity index (χ1) is 10.7. The monoisotopic (exact) mass is 341 g/mol. The first kappa shape index (κ1) is 17.6. The van der Waals surface area contributed by atoms with Crippen LogP contribution in [0.1, 0.15) is 38.1 Å². The van der Waals surface area contributed by atoms with Crippen molar-refractivity contribution < 1.29 is 13.2 Å². The fraction of sp³-hybridized carbons (Fsp3) is 0.643. The molecule has 0 saturated heterocycles. The van der Waals surface area contributed by atoms with E-state index in [1.807, 2.05) is 26.8 Å². The van der Waals surface area contributed by atoms with E-state index in [9.17, 15) is 8.42 Å². The van der Waals surface area contributed by atoms with E-state index in [1.54, 1.807) is 6.92 Å². The normalized spacial score (nSPS) is 12.7. The number of hydrogen-bond acceptors (Lipinski definition) is 6.